The molecule has 6 heteroatoms. The van der Waals surface area contributed by atoms with Gasteiger partial charge in [-0.2, -0.15) is 0 Å². The van der Waals surface area contributed by atoms with Crippen molar-refractivity contribution in [1.82, 2.24) is 14.1 Å². The van der Waals surface area contributed by atoms with Crippen molar-refractivity contribution in [2.75, 3.05) is 11.1 Å². The summed E-state index contributed by atoms with van der Waals surface area (Å²) in [5, 5.41) is 5.23. The summed E-state index contributed by atoms with van der Waals surface area (Å²) >= 11 is 1.78. The summed E-state index contributed by atoms with van der Waals surface area (Å²) in [4.78, 5) is 17.3. The number of hydrogen-bond donors (Lipinski definition) is 1. The lowest BCUT2D eigenvalue weighted by atomic mass is 10.1. The largest absolute Gasteiger partial charge is 0.350 e. The van der Waals surface area contributed by atoms with E-state index in [1.54, 1.807) is 11.8 Å². The first-order valence-electron chi connectivity index (χ1n) is 9.30. The molecular formula is C22H20N4OS. The molecule has 2 aromatic carbocycles. The van der Waals surface area contributed by atoms with Gasteiger partial charge in [-0.1, -0.05) is 42.1 Å². The third-order valence-corrected chi connectivity index (χ3v) is 6.05. The van der Waals surface area contributed by atoms with Gasteiger partial charge in [0.1, 0.15) is 0 Å². The first kappa shape index (κ1) is 17.1. The number of benzene rings is 2. The summed E-state index contributed by atoms with van der Waals surface area (Å²) in [5.41, 5.74) is 4.94. The maximum absolute atomic E-state index is 12.7. The van der Waals surface area contributed by atoms with Crippen molar-refractivity contribution < 1.29 is 4.79 Å². The van der Waals surface area contributed by atoms with E-state index in [1.165, 1.54) is 0 Å². The summed E-state index contributed by atoms with van der Waals surface area (Å²) in [5.74, 6) is 1.07. The monoisotopic (exact) mass is 388 g/mol. The summed E-state index contributed by atoms with van der Waals surface area (Å²) in [7, 11) is 2.01. The van der Waals surface area contributed by atoms with Crippen LogP contribution in [-0.2, 0) is 24.8 Å². The van der Waals surface area contributed by atoms with Crippen molar-refractivity contribution >= 4 is 34.3 Å². The molecule has 28 heavy (non-hydrogen) atoms. The molecule has 1 aliphatic rings. The van der Waals surface area contributed by atoms with Crippen LogP contribution in [0.25, 0.3) is 22.2 Å². The number of anilines is 1. The lowest BCUT2D eigenvalue weighted by Crippen LogP contribution is -2.14. The average molecular weight is 388 g/mol. The van der Waals surface area contributed by atoms with E-state index >= 15 is 0 Å². The molecular weight excluding hydrogens is 368 g/mol. The van der Waals surface area contributed by atoms with Crippen LogP contribution in [0.5, 0.6) is 0 Å². The first-order valence-corrected chi connectivity index (χ1v) is 10.3. The Morgan fingerprint density at radius 1 is 1.18 bits per heavy atom. The van der Waals surface area contributed by atoms with Crippen LogP contribution in [-0.4, -0.2) is 25.8 Å². The van der Waals surface area contributed by atoms with Gasteiger partial charge >= 0.3 is 0 Å². The zero-order valence-corrected chi connectivity index (χ0v) is 16.4. The summed E-state index contributed by atoms with van der Waals surface area (Å²) in [6.45, 7) is 1.01. The van der Waals surface area contributed by atoms with Gasteiger partial charge in [0.2, 0.25) is 5.91 Å². The molecule has 5 rings (SSSR count). The normalized spacial score (nSPS) is 13.0. The van der Waals surface area contributed by atoms with Crippen LogP contribution >= 0.6 is 11.8 Å². The highest BCUT2D eigenvalue weighted by Gasteiger charge is 2.16. The third-order valence-electron chi connectivity index (χ3n) is 5.08. The fourth-order valence-electron chi connectivity index (χ4n) is 3.75. The minimum absolute atomic E-state index is 0.0172. The summed E-state index contributed by atoms with van der Waals surface area (Å²) in [6.07, 6.45) is 4.47. The lowest BCUT2D eigenvalue weighted by molar-refractivity contribution is -0.115. The van der Waals surface area contributed by atoms with Crippen LogP contribution < -0.4 is 5.32 Å². The van der Waals surface area contributed by atoms with E-state index in [9.17, 15) is 4.79 Å². The lowest BCUT2D eigenvalue weighted by Gasteiger charge is -2.06. The number of hydrogen-bond acceptors (Lipinski definition) is 3. The fraction of sp³-hybridized carbons (Fsp3) is 0.182. The molecule has 0 saturated carbocycles. The molecule has 5 nitrogen and oxygen atoms in total. The number of aromatic nitrogens is 3. The predicted molar refractivity (Wildman–Crippen MR) is 114 cm³/mol. The Bertz CT molecular complexity index is 1170. The van der Waals surface area contributed by atoms with Gasteiger partial charge in [-0.15, -0.1) is 0 Å². The van der Waals surface area contributed by atoms with Crippen molar-refractivity contribution in [2.45, 2.75) is 18.1 Å². The Morgan fingerprint density at radius 2 is 2.07 bits per heavy atom. The molecule has 0 unspecified atom stereocenters. The average Bonchev–Trinajstić information content (AvgIpc) is 3.37. The number of para-hydroxylation sites is 1. The molecule has 0 fully saturated rings. The number of rotatable bonds is 4. The number of carbonyl (C=O) groups excluding carboxylic acids is 1. The standard InChI is InChI=1S/C22H20N4OS/c1-25-13-16(18-7-2-3-8-20(18)25)12-21(27)23-17-6-4-5-15(11-17)19-14-26-9-10-28-22(26)24-19/h2-8,11,13-14H,9-10,12H2,1H3,(H,23,27). The number of nitrogens with zero attached hydrogens (tertiary/aromatic N) is 3. The smallest absolute Gasteiger partial charge is 0.228 e. The number of thioether (sulfide) groups is 1. The molecule has 140 valence electrons. The molecule has 3 heterocycles. The number of carbonyl (C=O) groups is 1. The second-order valence-electron chi connectivity index (χ2n) is 7.04. The fourth-order valence-corrected chi connectivity index (χ4v) is 4.69. The molecule has 1 aliphatic heterocycles. The van der Waals surface area contributed by atoms with E-state index in [-0.39, 0.29) is 5.91 Å². The molecule has 2 aromatic heterocycles. The van der Waals surface area contributed by atoms with E-state index in [0.717, 1.165) is 50.9 Å². The van der Waals surface area contributed by atoms with Crippen LogP contribution in [0.3, 0.4) is 0 Å². The number of fused-ring (bicyclic) bond motifs is 2. The van der Waals surface area contributed by atoms with Crippen molar-refractivity contribution in [3.8, 4) is 11.3 Å². The van der Waals surface area contributed by atoms with E-state index < -0.39 is 0 Å². The SMILES string of the molecule is Cn1cc(CC(=O)Nc2cccc(-c3cn4c(n3)SCC4)c2)c2ccccc21. The van der Waals surface area contributed by atoms with Gasteiger partial charge in [0.15, 0.2) is 5.16 Å². The molecule has 0 spiro atoms. The highest BCUT2D eigenvalue weighted by molar-refractivity contribution is 7.99. The number of imidazole rings is 1. The van der Waals surface area contributed by atoms with Crippen LogP contribution in [0.2, 0.25) is 0 Å². The van der Waals surface area contributed by atoms with Crippen molar-refractivity contribution in [3.05, 3.63) is 66.5 Å². The van der Waals surface area contributed by atoms with E-state index in [0.29, 0.717) is 6.42 Å². The Balaban J connectivity index is 1.35. The highest BCUT2D eigenvalue weighted by atomic mass is 32.2. The number of aryl methyl sites for hydroxylation is 2. The van der Waals surface area contributed by atoms with Crippen LogP contribution in [0.1, 0.15) is 5.56 Å². The van der Waals surface area contributed by atoms with Crippen LogP contribution in [0.4, 0.5) is 5.69 Å². The minimum atomic E-state index is -0.0172. The van der Waals surface area contributed by atoms with Crippen LogP contribution in [0, 0.1) is 0 Å². The Kier molecular flexibility index (Phi) is 4.20. The van der Waals surface area contributed by atoms with Crippen molar-refractivity contribution in [2.24, 2.45) is 7.05 Å². The molecule has 0 radical (unpaired) electrons. The molecule has 0 atom stereocenters. The van der Waals surface area contributed by atoms with Gasteiger partial charge in [0.25, 0.3) is 0 Å². The van der Waals surface area contributed by atoms with Gasteiger partial charge in [-0.3, -0.25) is 4.79 Å². The molecule has 1 N–H and O–H groups in total. The number of nitrogens with one attached hydrogen (secondary N) is 1. The molecule has 1 amide bonds. The molecule has 0 aliphatic carbocycles. The number of amides is 1. The van der Waals surface area contributed by atoms with Crippen LogP contribution in [0.15, 0.2) is 66.1 Å². The minimum Gasteiger partial charge on any atom is -0.350 e. The zero-order valence-electron chi connectivity index (χ0n) is 15.6. The molecule has 0 bridgehead atoms. The highest BCUT2D eigenvalue weighted by Crippen LogP contribution is 2.30. The Morgan fingerprint density at radius 3 is 2.96 bits per heavy atom. The molecule has 0 saturated heterocycles. The molecule has 4 aromatic rings. The second-order valence-corrected chi connectivity index (χ2v) is 8.10. The van der Waals surface area contributed by atoms with E-state index in [2.05, 4.69) is 32.8 Å². The van der Waals surface area contributed by atoms with Crippen molar-refractivity contribution in [3.63, 3.8) is 0 Å². The summed E-state index contributed by atoms with van der Waals surface area (Å²) < 4.78 is 4.25. The third kappa shape index (κ3) is 3.10. The maximum atomic E-state index is 12.7. The van der Waals surface area contributed by atoms with Gasteiger partial charge in [-0.05, 0) is 23.8 Å². The summed E-state index contributed by atoms with van der Waals surface area (Å²) in [6, 6.07) is 16.1. The second kappa shape index (κ2) is 6.87. The Labute approximate surface area is 167 Å². The van der Waals surface area contributed by atoms with Gasteiger partial charge in [-0.25, -0.2) is 4.98 Å². The first-order chi connectivity index (χ1) is 13.7. The Hall–Kier alpha value is -2.99. The maximum Gasteiger partial charge on any atom is 0.228 e. The predicted octanol–water partition coefficient (Wildman–Crippen LogP) is 4.33. The van der Waals surface area contributed by atoms with Gasteiger partial charge < -0.3 is 14.5 Å². The topological polar surface area (TPSA) is 51.9 Å². The van der Waals surface area contributed by atoms with Gasteiger partial charge in [0.05, 0.1) is 12.1 Å². The van der Waals surface area contributed by atoms with Gasteiger partial charge in [0, 0.05) is 53.9 Å². The van der Waals surface area contributed by atoms with Crippen molar-refractivity contribution in [1.29, 1.82) is 0 Å². The van der Waals surface area contributed by atoms with E-state index in [1.807, 2.05) is 49.6 Å². The van der Waals surface area contributed by atoms with E-state index in [4.69, 9.17) is 4.98 Å². The zero-order chi connectivity index (χ0) is 19.1. The quantitative estimate of drug-likeness (QED) is 0.566.